The lowest BCUT2D eigenvalue weighted by Gasteiger charge is -2.11. The largest absolute Gasteiger partial charge is 0.312 e. The summed E-state index contributed by atoms with van der Waals surface area (Å²) in [5, 5.41) is 4.00. The van der Waals surface area contributed by atoms with Crippen molar-refractivity contribution in [2.24, 2.45) is 5.92 Å². The standard InChI is InChI=1S/C15H18FN3S/c1-11(2)9-17-10-12-8-13(16)4-5-14(12)20-15-18-6-3-7-19-15/h3-8,11,17H,9-10H2,1-2H3. The molecule has 1 heterocycles. The summed E-state index contributed by atoms with van der Waals surface area (Å²) >= 11 is 1.45. The smallest absolute Gasteiger partial charge is 0.192 e. The predicted molar refractivity (Wildman–Crippen MR) is 79.1 cm³/mol. The maximum Gasteiger partial charge on any atom is 0.192 e. The Bertz CT molecular complexity index is 546. The number of benzene rings is 1. The zero-order valence-electron chi connectivity index (χ0n) is 11.6. The van der Waals surface area contributed by atoms with Gasteiger partial charge in [-0.2, -0.15) is 0 Å². The van der Waals surface area contributed by atoms with E-state index < -0.39 is 0 Å². The molecule has 0 spiro atoms. The van der Waals surface area contributed by atoms with E-state index in [0.29, 0.717) is 17.6 Å². The zero-order valence-corrected chi connectivity index (χ0v) is 12.5. The summed E-state index contributed by atoms with van der Waals surface area (Å²) in [6.45, 7) is 5.84. The van der Waals surface area contributed by atoms with Gasteiger partial charge in [-0.3, -0.25) is 0 Å². The fourth-order valence-electron chi connectivity index (χ4n) is 1.72. The van der Waals surface area contributed by atoms with Crippen LogP contribution in [0.1, 0.15) is 19.4 Å². The van der Waals surface area contributed by atoms with Crippen molar-refractivity contribution in [3.63, 3.8) is 0 Å². The molecule has 0 unspecified atom stereocenters. The number of hydrogen-bond acceptors (Lipinski definition) is 4. The highest BCUT2D eigenvalue weighted by Crippen LogP contribution is 2.28. The molecule has 106 valence electrons. The van der Waals surface area contributed by atoms with Gasteiger partial charge in [-0.1, -0.05) is 13.8 Å². The number of halogens is 1. The molecule has 0 aliphatic heterocycles. The molecule has 1 aromatic carbocycles. The molecule has 0 aliphatic rings. The summed E-state index contributed by atoms with van der Waals surface area (Å²) in [5.74, 6) is 0.349. The molecule has 0 saturated carbocycles. The molecule has 0 bridgehead atoms. The Labute approximate surface area is 123 Å². The van der Waals surface area contributed by atoms with Gasteiger partial charge in [0.1, 0.15) is 5.82 Å². The summed E-state index contributed by atoms with van der Waals surface area (Å²) in [7, 11) is 0. The van der Waals surface area contributed by atoms with E-state index in [1.54, 1.807) is 30.6 Å². The summed E-state index contributed by atoms with van der Waals surface area (Å²) in [4.78, 5) is 9.35. The van der Waals surface area contributed by atoms with Gasteiger partial charge in [0.2, 0.25) is 0 Å². The minimum Gasteiger partial charge on any atom is -0.312 e. The molecule has 2 aromatic rings. The van der Waals surface area contributed by atoms with Gasteiger partial charge in [0.15, 0.2) is 5.16 Å². The molecule has 0 saturated heterocycles. The number of nitrogens with zero attached hydrogens (tertiary/aromatic N) is 2. The second kappa shape index (κ2) is 7.36. The fourth-order valence-corrected chi connectivity index (χ4v) is 2.54. The van der Waals surface area contributed by atoms with E-state index in [9.17, 15) is 4.39 Å². The average molecular weight is 291 g/mol. The summed E-state index contributed by atoms with van der Waals surface area (Å²) in [5.41, 5.74) is 0.933. The van der Waals surface area contributed by atoms with E-state index in [1.807, 2.05) is 0 Å². The highest BCUT2D eigenvalue weighted by Gasteiger charge is 2.08. The Hall–Kier alpha value is -1.46. The Morgan fingerprint density at radius 1 is 1.25 bits per heavy atom. The van der Waals surface area contributed by atoms with Gasteiger partial charge in [-0.15, -0.1) is 0 Å². The van der Waals surface area contributed by atoms with E-state index >= 15 is 0 Å². The number of hydrogen-bond donors (Lipinski definition) is 1. The molecule has 0 radical (unpaired) electrons. The van der Waals surface area contributed by atoms with E-state index in [0.717, 1.165) is 17.0 Å². The molecule has 0 atom stereocenters. The van der Waals surface area contributed by atoms with Crippen LogP contribution in [0.25, 0.3) is 0 Å². The van der Waals surface area contributed by atoms with Crippen molar-refractivity contribution in [1.29, 1.82) is 0 Å². The Morgan fingerprint density at radius 3 is 2.70 bits per heavy atom. The third-order valence-corrected chi connectivity index (χ3v) is 3.65. The highest BCUT2D eigenvalue weighted by molar-refractivity contribution is 7.99. The van der Waals surface area contributed by atoms with Crippen LogP contribution in [0.3, 0.4) is 0 Å². The van der Waals surface area contributed by atoms with Crippen LogP contribution >= 0.6 is 11.8 Å². The van der Waals surface area contributed by atoms with Crippen molar-refractivity contribution >= 4 is 11.8 Å². The second-order valence-corrected chi connectivity index (χ2v) is 5.92. The van der Waals surface area contributed by atoms with Crippen LogP contribution < -0.4 is 5.32 Å². The van der Waals surface area contributed by atoms with Gasteiger partial charge in [-0.25, -0.2) is 14.4 Å². The maximum atomic E-state index is 13.4. The van der Waals surface area contributed by atoms with Gasteiger partial charge >= 0.3 is 0 Å². The van der Waals surface area contributed by atoms with Crippen LogP contribution in [0.5, 0.6) is 0 Å². The number of nitrogens with one attached hydrogen (secondary N) is 1. The second-order valence-electron chi connectivity index (χ2n) is 4.91. The zero-order chi connectivity index (χ0) is 14.4. The molecule has 20 heavy (non-hydrogen) atoms. The first kappa shape index (κ1) is 14.9. The molecule has 3 nitrogen and oxygen atoms in total. The first-order chi connectivity index (χ1) is 9.65. The van der Waals surface area contributed by atoms with Crippen LogP contribution in [-0.2, 0) is 6.54 Å². The van der Waals surface area contributed by atoms with Crippen molar-refractivity contribution < 1.29 is 4.39 Å². The van der Waals surface area contributed by atoms with Crippen LogP contribution in [0.2, 0.25) is 0 Å². The van der Waals surface area contributed by atoms with Crippen molar-refractivity contribution in [3.05, 3.63) is 48.0 Å². The molecule has 0 amide bonds. The third-order valence-electron chi connectivity index (χ3n) is 2.63. The predicted octanol–water partition coefficient (Wildman–Crippen LogP) is 3.51. The Balaban J connectivity index is 2.11. The third kappa shape index (κ3) is 4.58. The van der Waals surface area contributed by atoms with Gasteiger partial charge in [0.25, 0.3) is 0 Å². The topological polar surface area (TPSA) is 37.8 Å². The molecule has 0 aliphatic carbocycles. The SMILES string of the molecule is CC(C)CNCc1cc(F)ccc1Sc1ncccn1. The number of rotatable bonds is 6. The van der Waals surface area contributed by atoms with Gasteiger partial charge in [0, 0.05) is 23.8 Å². The molecular weight excluding hydrogens is 273 g/mol. The lowest BCUT2D eigenvalue weighted by Crippen LogP contribution is -2.19. The Morgan fingerprint density at radius 2 is 2.00 bits per heavy atom. The van der Waals surface area contributed by atoms with E-state index in [-0.39, 0.29) is 5.82 Å². The minimum absolute atomic E-state index is 0.218. The first-order valence-electron chi connectivity index (χ1n) is 6.59. The van der Waals surface area contributed by atoms with Crippen LogP contribution in [0, 0.1) is 11.7 Å². The van der Waals surface area contributed by atoms with Crippen molar-refractivity contribution in [2.45, 2.75) is 30.4 Å². The Kier molecular flexibility index (Phi) is 5.49. The number of aromatic nitrogens is 2. The average Bonchev–Trinajstić information content (AvgIpc) is 2.42. The van der Waals surface area contributed by atoms with E-state index in [1.165, 1.54) is 17.8 Å². The fraction of sp³-hybridized carbons (Fsp3) is 0.333. The normalized spacial score (nSPS) is 11.0. The van der Waals surface area contributed by atoms with Gasteiger partial charge in [-0.05, 0) is 54.1 Å². The molecule has 1 aromatic heterocycles. The van der Waals surface area contributed by atoms with Crippen LogP contribution in [0.4, 0.5) is 4.39 Å². The first-order valence-corrected chi connectivity index (χ1v) is 7.41. The molecule has 2 rings (SSSR count). The summed E-state index contributed by atoms with van der Waals surface area (Å²) < 4.78 is 13.4. The van der Waals surface area contributed by atoms with E-state index in [4.69, 9.17) is 0 Å². The van der Waals surface area contributed by atoms with Gasteiger partial charge in [0.05, 0.1) is 0 Å². The summed E-state index contributed by atoms with van der Waals surface area (Å²) in [6.07, 6.45) is 3.41. The van der Waals surface area contributed by atoms with Crippen LogP contribution in [-0.4, -0.2) is 16.5 Å². The lowest BCUT2D eigenvalue weighted by molar-refractivity contribution is 0.547. The molecule has 0 fully saturated rings. The lowest BCUT2D eigenvalue weighted by atomic mass is 10.2. The van der Waals surface area contributed by atoms with Crippen molar-refractivity contribution in [1.82, 2.24) is 15.3 Å². The molecule has 1 N–H and O–H groups in total. The minimum atomic E-state index is -0.218. The quantitative estimate of drug-likeness (QED) is 0.827. The summed E-state index contributed by atoms with van der Waals surface area (Å²) in [6, 6.07) is 6.60. The monoisotopic (exact) mass is 291 g/mol. The van der Waals surface area contributed by atoms with E-state index in [2.05, 4.69) is 29.1 Å². The van der Waals surface area contributed by atoms with Crippen molar-refractivity contribution in [2.75, 3.05) is 6.54 Å². The van der Waals surface area contributed by atoms with Crippen LogP contribution in [0.15, 0.2) is 46.7 Å². The highest BCUT2D eigenvalue weighted by atomic mass is 32.2. The maximum absolute atomic E-state index is 13.4. The molecule has 5 heteroatoms. The van der Waals surface area contributed by atoms with Crippen molar-refractivity contribution in [3.8, 4) is 0 Å². The molecular formula is C15H18FN3S. The van der Waals surface area contributed by atoms with Gasteiger partial charge < -0.3 is 5.32 Å².